The Morgan fingerprint density at radius 2 is 1.64 bits per heavy atom. The van der Waals surface area contributed by atoms with Crippen molar-refractivity contribution in [3.63, 3.8) is 0 Å². The summed E-state index contributed by atoms with van der Waals surface area (Å²) in [5.41, 5.74) is 1.01. The first kappa shape index (κ1) is 17.2. The van der Waals surface area contributed by atoms with Crippen LogP contribution in [-0.2, 0) is 13.6 Å². The molecule has 0 radical (unpaired) electrons. The molecule has 1 aromatic heterocycles. The van der Waals surface area contributed by atoms with E-state index in [1.54, 1.807) is 13.1 Å². The fourth-order valence-corrected chi connectivity index (χ4v) is 4.67. The first-order valence-corrected chi connectivity index (χ1v) is 9.92. The van der Waals surface area contributed by atoms with Gasteiger partial charge in [-0.15, -0.1) is 0 Å². The van der Waals surface area contributed by atoms with Crippen LogP contribution in [0.5, 0.6) is 0 Å². The number of nitrogens with zero attached hydrogens (tertiary/aromatic N) is 5. The summed E-state index contributed by atoms with van der Waals surface area (Å²) in [7, 11) is 1.69. The molecule has 1 aromatic rings. The fraction of sp³-hybridized carbons (Fsp3) is 0.789. The second kappa shape index (κ2) is 7.56. The van der Waals surface area contributed by atoms with E-state index >= 15 is 0 Å². The zero-order valence-corrected chi connectivity index (χ0v) is 15.4. The van der Waals surface area contributed by atoms with Gasteiger partial charge in [0.15, 0.2) is 0 Å². The average molecular weight is 345 g/mol. The van der Waals surface area contributed by atoms with Crippen LogP contribution in [0.3, 0.4) is 0 Å². The van der Waals surface area contributed by atoms with Gasteiger partial charge in [0.25, 0.3) is 5.56 Å². The molecule has 138 valence electrons. The van der Waals surface area contributed by atoms with E-state index in [0.717, 1.165) is 31.2 Å². The zero-order valence-electron chi connectivity index (χ0n) is 15.4. The molecule has 0 aromatic carbocycles. The van der Waals surface area contributed by atoms with Gasteiger partial charge in [0.2, 0.25) is 0 Å². The van der Waals surface area contributed by atoms with Crippen LogP contribution in [0, 0.1) is 0 Å². The SMILES string of the molecule is Cn1ncc(CN2CC(N3CCN(C4CCCCC4)CC3)C2)cc1=O. The van der Waals surface area contributed by atoms with E-state index in [0.29, 0.717) is 6.04 Å². The molecule has 2 aliphatic heterocycles. The molecule has 25 heavy (non-hydrogen) atoms. The minimum Gasteiger partial charge on any atom is -0.298 e. The van der Waals surface area contributed by atoms with Gasteiger partial charge < -0.3 is 0 Å². The van der Waals surface area contributed by atoms with Crippen LogP contribution < -0.4 is 5.56 Å². The van der Waals surface area contributed by atoms with E-state index in [1.165, 1.54) is 63.0 Å². The molecule has 3 heterocycles. The lowest BCUT2D eigenvalue weighted by Gasteiger charge is -2.49. The average Bonchev–Trinajstić information content (AvgIpc) is 2.62. The third-order valence-electron chi connectivity index (χ3n) is 6.33. The van der Waals surface area contributed by atoms with Crippen molar-refractivity contribution in [1.29, 1.82) is 0 Å². The van der Waals surface area contributed by atoms with Crippen molar-refractivity contribution in [1.82, 2.24) is 24.5 Å². The molecular weight excluding hydrogens is 314 g/mol. The molecule has 0 N–H and O–H groups in total. The van der Waals surface area contributed by atoms with Crippen LogP contribution in [0.15, 0.2) is 17.1 Å². The molecule has 1 saturated carbocycles. The number of hydrogen-bond acceptors (Lipinski definition) is 5. The number of rotatable bonds is 4. The summed E-state index contributed by atoms with van der Waals surface area (Å²) in [5.74, 6) is 0. The smallest absolute Gasteiger partial charge is 0.266 e. The highest BCUT2D eigenvalue weighted by atomic mass is 16.1. The number of piperazine rings is 1. The first-order chi connectivity index (χ1) is 12.2. The van der Waals surface area contributed by atoms with Crippen LogP contribution in [0.25, 0.3) is 0 Å². The van der Waals surface area contributed by atoms with Gasteiger partial charge in [-0.05, 0) is 18.4 Å². The van der Waals surface area contributed by atoms with E-state index in [9.17, 15) is 4.79 Å². The van der Waals surface area contributed by atoms with Crippen molar-refractivity contribution in [2.75, 3.05) is 39.3 Å². The van der Waals surface area contributed by atoms with E-state index in [2.05, 4.69) is 19.8 Å². The Morgan fingerprint density at radius 3 is 2.28 bits per heavy atom. The summed E-state index contributed by atoms with van der Waals surface area (Å²) in [5, 5.41) is 4.11. The monoisotopic (exact) mass is 345 g/mol. The Hall–Kier alpha value is -1.24. The van der Waals surface area contributed by atoms with Crippen LogP contribution in [0.2, 0.25) is 0 Å². The van der Waals surface area contributed by atoms with Gasteiger partial charge in [-0.2, -0.15) is 5.10 Å². The van der Waals surface area contributed by atoms with E-state index in [4.69, 9.17) is 0 Å². The van der Waals surface area contributed by atoms with Crippen molar-refractivity contribution in [3.05, 3.63) is 28.2 Å². The third kappa shape index (κ3) is 3.96. The lowest BCUT2D eigenvalue weighted by Crippen LogP contribution is -2.63. The Labute approximate surface area is 150 Å². The standard InChI is InChI=1S/C19H31N5O/c1-21-19(25)11-16(12-20-21)13-22-14-18(15-22)24-9-7-23(8-10-24)17-5-3-2-4-6-17/h11-12,17-18H,2-10,13-15H2,1H3. The molecule has 3 fully saturated rings. The molecule has 4 rings (SSSR count). The number of aromatic nitrogens is 2. The molecule has 0 atom stereocenters. The van der Waals surface area contributed by atoms with Crippen LogP contribution in [-0.4, -0.2) is 75.8 Å². The van der Waals surface area contributed by atoms with Crippen molar-refractivity contribution in [2.24, 2.45) is 7.05 Å². The van der Waals surface area contributed by atoms with Crippen molar-refractivity contribution < 1.29 is 0 Å². The molecule has 6 nitrogen and oxygen atoms in total. The van der Waals surface area contributed by atoms with Gasteiger partial charge in [-0.25, -0.2) is 4.68 Å². The quantitative estimate of drug-likeness (QED) is 0.812. The topological polar surface area (TPSA) is 44.6 Å². The Morgan fingerprint density at radius 1 is 1.00 bits per heavy atom. The minimum absolute atomic E-state index is 0.0200. The molecule has 1 aliphatic carbocycles. The second-order valence-electron chi connectivity index (χ2n) is 8.04. The summed E-state index contributed by atoms with van der Waals surface area (Å²) >= 11 is 0. The number of aryl methyl sites for hydroxylation is 1. The molecule has 0 unspecified atom stereocenters. The second-order valence-corrected chi connectivity index (χ2v) is 8.04. The van der Waals surface area contributed by atoms with E-state index < -0.39 is 0 Å². The summed E-state index contributed by atoms with van der Waals surface area (Å²) in [6.07, 6.45) is 8.96. The molecule has 0 bridgehead atoms. The highest BCUT2D eigenvalue weighted by molar-refractivity contribution is 5.07. The fourth-order valence-electron chi connectivity index (χ4n) is 4.67. The summed E-state index contributed by atoms with van der Waals surface area (Å²) in [6.45, 7) is 8.05. The zero-order chi connectivity index (χ0) is 17.2. The Bertz CT molecular complexity index is 625. The Kier molecular flexibility index (Phi) is 5.20. The van der Waals surface area contributed by atoms with Crippen LogP contribution >= 0.6 is 0 Å². The predicted molar refractivity (Wildman–Crippen MR) is 98.6 cm³/mol. The van der Waals surface area contributed by atoms with Gasteiger partial charge in [0.05, 0.1) is 6.20 Å². The lowest BCUT2D eigenvalue weighted by atomic mass is 9.93. The highest BCUT2D eigenvalue weighted by Crippen LogP contribution is 2.25. The Balaban J connectivity index is 1.21. The van der Waals surface area contributed by atoms with Gasteiger partial charge in [-0.3, -0.25) is 19.5 Å². The van der Waals surface area contributed by atoms with Crippen molar-refractivity contribution in [2.45, 2.75) is 50.7 Å². The largest absolute Gasteiger partial charge is 0.298 e. The maximum absolute atomic E-state index is 11.7. The van der Waals surface area contributed by atoms with Crippen LogP contribution in [0.4, 0.5) is 0 Å². The third-order valence-corrected chi connectivity index (χ3v) is 6.33. The first-order valence-electron chi connectivity index (χ1n) is 9.92. The van der Waals surface area contributed by atoms with Crippen molar-refractivity contribution >= 4 is 0 Å². The van der Waals surface area contributed by atoms with Gasteiger partial charge in [-0.1, -0.05) is 19.3 Å². The molecule has 0 amide bonds. The van der Waals surface area contributed by atoms with E-state index in [-0.39, 0.29) is 5.56 Å². The van der Waals surface area contributed by atoms with Crippen LogP contribution in [0.1, 0.15) is 37.7 Å². The molecule has 3 aliphatic rings. The summed E-state index contributed by atoms with van der Waals surface area (Å²) in [6, 6.07) is 3.28. The maximum Gasteiger partial charge on any atom is 0.266 e. The number of hydrogen-bond donors (Lipinski definition) is 0. The van der Waals surface area contributed by atoms with Gasteiger partial charge >= 0.3 is 0 Å². The van der Waals surface area contributed by atoms with Gasteiger partial charge in [0, 0.05) is 71.0 Å². The predicted octanol–water partition coefficient (Wildman–Crippen LogP) is 0.915. The minimum atomic E-state index is -0.0200. The maximum atomic E-state index is 11.7. The van der Waals surface area contributed by atoms with Crippen molar-refractivity contribution in [3.8, 4) is 0 Å². The normalized spacial score (nSPS) is 25.2. The summed E-state index contributed by atoms with van der Waals surface area (Å²) < 4.78 is 1.38. The molecule has 0 spiro atoms. The molecule has 6 heteroatoms. The summed E-state index contributed by atoms with van der Waals surface area (Å²) in [4.78, 5) is 19.5. The van der Waals surface area contributed by atoms with E-state index in [1.807, 2.05) is 6.20 Å². The number of likely N-dealkylation sites (tertiary alicyclic amines) is 1. The highest BCUT2D eigenvalue weighted by Gasteiger charge is 2.34. The molecular formula is C19H31N5O. The molecule has 2 saturated heterocycles. The van der Waals surface area contributed by atoms with Gasteiger partial charge in [0.1, 0.15) is 0 Å². The lowest BCUT2D eigenvalue weighted by molar-refractivity contribution is -0.0105.